The van der Waals surface area contributed by atoms with Gasteiger partial charge < -0.3 is 10.6 Å². The van der Waals surface area contributed by atoms with Gasteiger partial charge >= 0.3 is 12.1 Å². The van der Waals surface area contributed by atoms with Gasteiger partial charge in [-0.3, -0.25) is 9.80 Å². The van der Waals surface area contributed by atoms with Crippen molar-refractivity contribution in [2.24, 2.45) is 0 Å². The molecule has 2 N–H and O–H groups in total. The van der Waals surface area contributed by atoms with Gasteiger partial charge in [-0.1, -0.05) is 60.7 Å². The molecular formula is C30H34N4O2. The smallest absolute Gasteiger partial charge is 0.322 e. The Bertz CT molecular complexity index is 1220. The number of urea groups is 2. The lowest BCUT2D eigenvalue weighted by Crippen LogP contribution is -2.49. The van der Waals surface area contributed by atoms with E-state index in [1.165, 1.54) is 11.1 Å². The molecule has 0 atom stereocenters. The highest BCUT2D eigenvalue weighted by atomic mass is 16.2. The Hall–Kier alpha value is -3.80. The maximum absolute atomic E-state index is 13.2. The first-order valence-electron chi connectivity index (χ1n) is 12.6. The van der Waals surface area contributed by atoms with Crippen LogP contribution in [0.25, 0.3) is 0 Å². The normalized spacial score (nSPS) is 14.9. The number of anilines is 2. The third-order valence-corrected chi connectivity index (χ3v) is 7.41. The molecule has 186 valence electrons. The molecule has 2 heterocycles. The Kier molecular flexibility index (Phi) is 5.99. The van der Waals surface area contributed by atoms with Crippen LogP contribution in [0.2, 0.25) is 0 Å². The first-order valence-corrected chi connectivity index (χ1v) is 12.6. The molecule has 0 unspecified atom stereocenters. The molecule has 0 spiro atoms. The summed E-state index contributed by atoms with van der Waals surface area (Å²) in [7, 11) is 0. The number of carbonyl (C=O) groups excluding carboxylic acids is 2. The van der Waals surface area contributed by atoms with Crippen molar-refractivity contribution in [2.75, 3.05) is 22.9 Å². The fourth-order valence-corrected chi connectivity index (χ4v) is 5.21. The molecule has 0 saturated carbocycles. The molecule has 0 radical (unpaired) electrons. The van der Waals surface area contributed by atoms with Gasteiger partial charge in [-0.25, -0.2) is 9.59 Å². The number of hydrogen-bond donors (Lipinski definition) is 2. The molecule has 4 amide bonds. The van der Waals surface area contributed by atoms with Gasteiger partial charge in [0.25, 0.3) is 0 Å². The van der Waals surface area contributed by atoms with Crippen molar-refractivity contribution in [1.29, 1.82) is 0 Å². The molecule has 3 aromatic carbocycles. The van der Waals surface area contributed by atoms with Crippen molar-refractivity contribution >= 4 is 23.4 Å². The van der Waals surface area contributed by atoms with Gasteiger partial charge in [-0.2, -0.15) is 0 Å². The molecule has 0 saturated heterocycles. The molecule has 3 aromatic rings. The Morgan fingerprint density at radius 3 is 1.50 bits per heavy atom. The number of nitrogens with zero attached hydrogens (tertiary/aromatic N) is 2. The molecule has 6 nitrogen and oxygen atoms in total. The van der Waals surface area contributed by atoms with E-state index in [1.807, 2.05) is 92.1 Å². The Morgan fingerprint density at radius 2 is 1.06 bits per heavy atom. The van der Waals surface area contributed by atoms with Crippen LogP contribution in [0.4, 0.5) is 21.0 Å². The summed E-state index contributed by atoms with van der Waals surface area (Å²) in [6.45, 7) is 9.41. The van der Waals surface area contributed by atoms with Gasteiger partial charge in [0.2, 0.25) is 0 Å². The van der Waals surface area contributed by atoms with E-state index in [0.717, 1.165) is 35.3 Å². The van der Waals surface area contributed by atoms with Crippen molar-refractivity contribution in [3.8, 4) is 0 Å². The first kappa shape index (κ1) is 23.9. The van der Waals surface area contributed by atoms with Crippen molar-refractivity contribution in [3.63, 3.8) is 0 Å². The van der Waals surface area contributed by atoms with Gasteiger partial charge in [0.15, 0.2) is 0 Å². The Morgan fingerprint density at radius 1 is 0.639 bits per heavy atom. The summed E-state index contributed by atoms with van der Waals surface area (Å²) in [5, 5.41) is 6.44. The van der Waals surface area contributed by atoms with Crippen molar-refractivity contribution < 1.29 is 9.59 Å². The standard InChI is InChI=1S/C30H34N4O2/c1-29(2,31-27(35)33-18-16-21-10-5-7-14-25(21)33)23-12-9-13-24(20-23)30(3,4)32-28(36)34-19-17-22-11-6-8-15-26(22)34/h5-15,20H,16-19H2,1-4H3,(H,31,35)(H,32,36). The molecule has 6 heteroatoms. The lowest BCUT2D eigenvalue weighted by atomic mass is 9.87. The van der Waals surface area contributed by atoms with Crippen molar-refractivity contribution in [1.82, 2.24) is 10.6 Å². The predicted molar refractivity (Wildman–Crippen MR) is 145 cm³/mol. The molecule has 0 aromatic heterocycles. The van der Waals surface area contributed by atoms with Crippen molar-refractivity contribution in [3.05, 3.63) is 95.1 Å². The van der Waals surface area contributed by atoms with Crippen LogP contribution < -0.4 is 20.4 Å². The van der Waals surface area contributed by atoms with Crippen LogP contribution in [0.1, 0.15) is 49.9 Å². The highest BCUT2D eigenvalue weighted by Crippen LogP contribution is 2.32. The van der Waals surface area contributed by atoms with E-state index in [9.17, 15) is 9.59 Å². The predicted octanol–water partition coefficient (Wildman–Crippen LogP) is 5.70. The second kappa shape index (κ2) is 9.01. The molecule has 5 rings (SSSR count). The summed E-state index contributed by atoms with van der Waals surface area (Å²) in [4.78, 5) is 30.1. The average molecular weight is 483 g/mol. The average Bonchev–Trinajstić information content (AvgIpc) is 3.48. The van der Waals surface area contributed by atoms with Crippen LogP contribution in [0.5, 0.6) is 0 Å². The summed E-state index contributed by atoms with van der Waals surface area (Å²) < 4.78 is 0. The van der Waals surface area contributed by atoms with E-state index >= 15 is 0 Å². The van der Waals surface area contributed by atoms with E-state index in [4.69, 9.17) is 0 Å². The van der Waals surface area contributed by atoms with Gasteiger partial charge in [0.05, 0.1) is 11.1 Å². The minimum Gasteiger partial charge on any atom is -0.329 e. The number of rotatable bonds is 4. The largest absolute Gasteiger partial charge is 0.329 e. The van der Waals surface area contributed by atoms with E-state index in [-0.39, 0.29) is 12.1 Å². The third kappa shape index (κ3) is 4.43. The maximum atomic E-state index is 13.2. The van der Waals surface area contributed by atoms with Crippen LogP contribution in [-0.4, -0.2) is 25.2 Å². The fourth-order valence-electron chi connectivity index (χ4n) is 5.21. The number of hydrogen-bond acceptors (Lipinski definition) is 2. The lowest BCUT2D eigenvalue weighted by molar-refractivity contribution is 0.236. The third-order valence-electron chi connectivity index (χ3n) is 7.41. The molecule has 2 aliphatic heterocycles. The number of amides is 4. The molecular weight excluding hydrogens is 448 g/mol. The van der Waals surface area contributed by atoms with E-state index in [1.54, 1.807) is 0 Å². The van der Waals surface area contributed by atoms with Crippen molar-refractivity contribution in [2.45, 2.75) is 51.6 Å². The van der Waals surface area contributed by atoms with Gasteiger partial charge in [-0.05, 0) is 74.9 Å². The summed E-state index contributed by atoms with van der Waals surface area (Å²) in [5.41, 5.74) is 5.12. The first-order chi connectivity index (χ1) is 17.2. The highest BCUT2D eigenvalue weighted by Gasteiger charge is 2.33. The monoisotopic (exact) mass is 482 g/mol. The molecule has 36 heavy (non-hydrogen) atoms. The minimum atomic E-state index is -0.599. The summed E-state index contributed by atoms with van der Waals surface area (Å²) in [6.07, 6.45) is 1.74. The fraction of sp³-hybridized carbons (Fsp3) is 0.333. The Balaban J connectivity index is 1.31. The highest BCUT2D eigenvalue weighted by molar-refractivity contribution is 5.95. The zero-order valence-electron chi connectivity index (χ0n) is 21.5. The lowest BCUT2D eigenvalue weighted by Gasteiger charge is -2.33. The molecule has 0 bridgehead atoms. The number of fused-ring (bicyclic) bond motifs is 2. The van der Waals surface area contributed by atoms with Gasteiger partial charge in [0, 0.05) is 24.5 Å². The van der Waals surface area contributed by atoms with Crippen LogP contribution in [0, 0.1) is 0 Å². The van der Waals surface area contributed by atoms with Crippen LogP contribution >= 0.6 is 0 Å². The summed E-state index contributed by atoms with van der Waals surface area (Å²) >= 11 is 0. The molecule has 2 aliphatic rings. The van der Waals surface area contributed by atoms with E-state index in [0.29, 0.717) is 13.1 Å². The van der Waals surface area contributed by atoms with Crippen LogP contribution in [0.15, 0.2) is 72.8 Å². The second-order valence-corrected chi connectivity index (χ2v) is 10.8. The quantitative estimate of drug-likeness (QED) is 0.501. The number of para-hydroxylation sites is 2. The topological polar surface area (TPSA) is 64.7 Å². The van der Waals surface area contributed by atoms with Gasteiger partial charge in [0.1, 0.15) is 0 Å². The Labute approximate surface area is 213 Å². The number of carbonyl (C=O) groups is 2. The van der Waals surface area contributed by atoms with Crippen LogP contribution in [0.3, 0.4) is 0 Å². The number of benzene rings is 3. The summed E-state index contributed by atoms with van der Waals surface area (Å²) in [5.74, 6) is 0. The second-order valence-electron chi connectivity index (χ2n) is 10.8. The number of nitrogens with one attached hydrogen (secondary N) is 2. The van der Waals surface area contributed by atoms with E-state index in [2.05, 4.69) is 28.8 Å². The van der Waals surface area contributed by atoms with Crippen LogP contribution in [-0.2, 0) is 23.9 Å². The molecule has 0 aliphatic carbocycles. The maximum Gasteiger partial charge on any atom is 0.322 e. The molecule has 0 fully saturated rings. The minimum absolute atomic E-state index is 0.101. The zero-order valence-corrected chi connectivity index (χ0v) is 21.5. The SMILES string of the molecule is CC(C)(NC(=O)N1CCc2ccccc21)c1cccc(C(C)(C)NC(=O)N2CCc3ccccc32)c1. The zero-order chi connectivity index (χ0) is 25.5. The van der Waals surface area contributed by atoms with Gasteiger partial charge in [-0.15, -0.1) is 0 Å². The summed E-state index contributed by atoms with van der Waals surface area (Å²) in [6, 6.07) is 24.0. The van der Waals surface area contributed by atoms with E-state index < -0.39 is 11.1 Å².